The Kier molecular flexibility index (Phi) is 4.62. The van der Waals surface area contributed by atoms with Crippen LogP contribution in [0.15, 0.2) is 11.8 Å². The minimum Gasteiger partial charge on any atom is -0.404 e. The van der Waals surface area contributed by atoms with Crippen LogP contribution in [-0.4, -0.2) is 23.1 Å². The fourth-order valence-electron chi connectivity index (χ4n) is 0.935. The van der Waals surface area contributed by atoms with Gasteiger partial charge in [-0.3, -0.25) is 0 Å². The van der Waals surface area contributed by atoms with Crippen molar-refractivity contribution in [2.75, 3.05) is 0 Å². The van der Waals surface area contributed by atoms with E-state index in [0.717, 1.165) is 6.20 Å². The first-order chi connectivity index (χ1) is 6.31. The number of halogens is 3. The third-order valence-corrected chi connectivity index (χ3v) is 1.65. The van der Waals surface area contributed by atoms with Crippen molar-refractivity contribution < 1.29 is 18.3 Å². The quantitative estimate of drug-likeness (QED) is 0.616. The third-order valence-electron chi connectivity index (χ3n) is 1.65. The second-order valence-corrected chi connectivity index (χ2v) is 2.82. The summed E-state index contributed by atoms with van der Waals surface area (Å²) in [5, 5.41) is 16.3. The highest BCUT2D eigenvalue weighted by molar-refractivity contribution is 5.98. The second-order valence-electron chi connectivity index (χ2n) is 2.82. The van der Waals surface area contributed by atoms with Crippen LogP contribution in [0.5, 0.6) is 0 Å². The fraction of sp³-hybridized carbons (Fsp3) is 0.625. The van der Waals surface area contributed by atoms with Crippen LogP contribution in [0.3, 0.4) is 0 Å². The van der Waals surface area contributed by atoms with Crippen molar-refractivity contribution in [2.45, 2.75) is 32.0 Å². The minimum absolute atomic E-state index is 0.162. The van der Waals surface area contributed by atoms with Gasteiger partial charge in [0, 0.05) is 17.5 Å². The molecule has 0 saturated carbocycles. The van der Waals surface area contributed by atoms with Gasteiger partial charge in [0.2, 0.25) is 0 Å². The SMILES string of the molecule is CCC(O)/C(=C/N)C(=N)CC(F)(F)F. The van der Waals surface area contributed by atoms with Crippen LogP contribution in [0, 0.1) is 5.41 Å². The lowest BCUT2D eigenvalue weighted by molar-refractivity contribution is -0.121. The van der Waals surface area contributed by atoms with Gasteiger partial charge in [-0.2, -0.15) is 13.2 Å². The van der Waals surface area contributed by atoms with Crippen molar-refractivity contribution in [3.05, 3.63) is 11.8 Å². The number of hydrogen-bond donors (Lipinski definition) is 3. The highest BCUT2D eigenvalue weighted by Gasteiger charge is 2.31. The Hall–Kier alpha value is -1.04. The van der Waals surface area contributed by atoms with Gasteiger partial charge < -0.3 is 16.2 Å². The Morgan fingerprint density at radius 2 is 2.07 bits per heavy atom. The van der Waals surface area contributed by atoms with E-state index in [1.54, 1.807) is 6.92 Å². The molecule has 0 aromatic carbocycles. The van der Waals surface area contributed by atoms with Crippen LogP contribution in [0.1, 0.15) is 19.8 Å². The highest BCUT2D eigenvalue weighted by atomic mass is 19.4. The molecule has 0 aromatic rings. The average molecular weight is 210 g/mol. The summed E-state index contributed by atoms with van der Waals surface area (Å²) < 4.78 is 35.6. The first-order valence-electron chi connectivity index (χ1n) is 4.06. The number of rotatable bonds is 4. The largest absolute Gasteiger partial charge is 0.404 e. The second kappa shape index (κ2) is 4.99. The lowest BCUT2D eigenvalue weighted by Crippen LogP contribution is -2.23. The predicted octanol–water partition coefficient (Wildman–Crippen LogP) is 1.57. The normalized spacial score (nSPS) is 15.4. The molecule has 6 heteroatoms. The van der Waals surface area contributed by atoms with Crippen molar-refractivity contribution in [1.82, 2.24) is 0 Å². The Morgan fingerprint density at radius 1 is 1.57 bits per heavy atom. The van der Waals surface area contributed by atoms with E-state index in [9.17, 15) is 18.3 Å². The molecule has 0 radical (unpaired) electrons. The molecule has 0 saturated heterocycles. The number of nitrogens with one attached hydrogen (secondary N) is 1. The summed E-state index contributed by atoms with van der Waals surface area (Å²) in [6.07, 6.45) is -5.84. The fourth-order valence-corrected chi connectivity index (χ4v) is 0.935. The van der Waals surface area contributed by atoms with Gasteiger partial charge in [0.05, 0.1) is 12.5 Å². The van der Waals surface area contributed by atoms with Gasteiger partial charge in [0.15, 0.2) is 0 Å². The maximum Gasteiger partial charge on any atom is 0.394 e. The molecule has 0 aliphatic rings. The lowest BCUT2D eigenvalue weighted by atomic mass is 10.0. The molecule has 0 rings (SSSR count). The lowest BCUT2D eigenvalue weighted by Gasteiger charge is -2.14. The van der Waals surface area contributed by atoms with E-state index < -0.39 is 24.4 Å². The Morgan fingerprint density at radius 3 is 2.36 bits per heavy atom. The molecule has 0 spiro atoms. The molecule has 0 aliphatic carbocycles. The average Bonchev–Trinajstić information content (AvgIpc) is 2.01. The minimum atomic E-state index is -4.45. The van der Waals surface area contributed by atoms with E-state index in [2.05, 4.69) is 0 Å². The van der Waals surface area contributed by atoms with Crippen molar-refractivity contribution in [2.24, 2.45) is 5.73 Å². The van der Waals surface area contributed by atoms with E-state index in [0.29, 0.717) is 0 Å². The molecule has 0 aromatic heterocycles. The zero-order valence-electron chi connectivity index (χ0n) is 7.73. The van der Waals surface area contributed by atoms with Crippen LogP contribution < -0.4 is 5.73 Å². The first kappa shape index (κ1) is 13.0. The van der Waals surface area contributed by atoms with Gasteiger partial charge in [0.25, 0.3) is 0 Å². The molecule has 4 N–H and O–H groups in total. The number of nitrogens with two attached hydrogens (primary N) is 1. The van der Waals surface area contributed by atoms with Crippen molar-refractivity contribution in [1.29, 1.82) is 5.41 Å². The van der Waals surface area contributed by atoms with Crippen molar-refractivity contribution in [3.63, 3.8) is 0 Å². The van der Waals surface area contributed by atoms with Crippen LogP contribution in [-0.2, 0) is 0 Å². The van der Waals surface area contributed by atoms with Crippen molar-refractivity contribution in [3.8, 4) is 0 Å². The summed E-state index contributed by atoms with van der Waals surface area (Å²) in [6.45, 7) is 1.59. The summed E-state index contributed by atoms with van der Waals surface area (Å²) in [5.74, 6) is 0. The molecular formula is C8H13F3N2O. The molecule has 0 aliphatic heterocycles. The van der Waals surface area contributed by atoms with Crippen LogP contribution in [0.25, 0.3) is 0 Å². The smallest absolute Gasteiger partial charge is 0.394 e. The molecule has 0 amide bonds. The van der Waals surface area contributed by atoms with Gasteiger partial charge in [-0.15, -0.1) is 0 Å². The van der Waals surface area contributed by atoms with Gasteiger partial charge in [0.1, 0.15) is 0 Å². The number of alkyl halides is 3. The van der Waals surface area contributed by atoms with E-state index in [4.69, 9.17) is 11.1 Å². The number of hydrogen-bond acceptors (Lipinski definition) is 3. The molecule has 0 fully saturated rings. The van der Waals surface area contributed by atoms with Crippen molar-refractivity contribution >= 4 is 5.71 Å². The van der Waals surface area contributed by atoms with Gasteiger partial charge in [-0.1, -0.05) is 6.92 Å². The summed E-state index contributed by atoms with van der Waals surface area (Å²) in [5.41, 5.74) is 4.19. The molecule has 0 heterocycles. The molecule has 1 atom stereocenters. The third kappa shape index (κ3) is 4.27. The van der Waals surface area contributed by atoms with Crippen LogP contribution in [0.2, 0.25) is 0 Å². The summed E-state index contributed by atoms with van der Waals surface area (Å²) >= 11 is 0. The van der Waals surface area contributed by atoms with E-state index in [1.165, 1.54) is 0 Å². The summed E-state index contributed by atoms with van der Waals surface area (Å²) in [6, 6.07) is 0. The maximum absolute atomic E-state index is 11.9. The van der Waals surface area contributed by atoms with Crippen LogP contribution in [0.4, 0.5) is 13.2 Å². The predicted molar refractivity (Wildman–Crippen MR) is 47.0 cm³/mol. The van der Waals surface area contributed by atoms with Gasteiger partial charge in [-0.25, -0.2) is 0 Å². The molecular weight excluding hydrogens is 197 g/mol. The zero-order chi connectivity index (χ0) is 11.4. The Labute approximate surface area is 79.9 Å². The highest BCUT2D eigenvalue weighted by Crippen LogP contribution is 2.23. The zero-order valence-corrected chi connectivity index (χ0v) is 7.73. The summed E-state index contributed by atoms with van der Waals surface area (Å²) in [7, 11) is 0. The molecule has 3 nitrogen and oxygen atoms in total. The van der Waals surface area contributed by atoms with E-state index in [1.807, 2.05) is 0 Å². The first-order valence-corrected chi connectivity index (χ1v) is 4.06. The standard InChI is InChI=1S/C8H13F3N2O/c1-2-7(14)5(4-12)6(13)3-8(9,10)11/h4,7,13-14H,2-3,12H2,1H3/b5-4+,13-6?. The monoisotopic (exact) mass is 210 g/mol. The van der Waals surface area contributed by atoms with Gasteiger partial charge >= 0.3 is 6.18 Å². The van der Waals surface area contributed by atoms with Crippen LogP contribution >= 0.6 is 0 Å². The molecule has 82 valence electrons. The molecule has 14 heavy (non-hydrogen) atoms. The van der Waals surface area contributed by atoms with E-state index >= 15 is 0 Å². The number of aliphatic hydroxyl groups is 1. The Bertz CT molecular complexity index is 235. The Balaban J connectivity index is 4.51. The number of aliphatic hydroxyl groups excluding tert-OH is 1. The maximum atomic E-state index is 11.9. The molecule has 0 bridgehead atoms. The topological polar surface area (TPSA) is 70.1 Å². The summed E-state index contributed by atoms with van der Waals surface area (Å²) in [4.78, 5) is 0. The molecule has 1 unspecified atom stereocenters. The van der Waals surface area contributed by atoms with E-state index in [-0.39, 0.29) is 12.0 Å². The van der Waals surface area contributed by atoms with Gasteiger partial charge in [-0.05, 0) is 6.42 Å².